The first-order valence-electron chi connectivity index (χ1n) is 12.0. The lowest BCUT2D eigenvalue weighted by Crippen LogP contribution is -2.34. The van der Waals surface area contributed by atoms with Crippen LogP contribution in [0.15, 0.2) is 72.9 Å². The summed E-state index contributed by atoms with van der Waals surface area (Å²) in [4.78, 5) is 32.0. The van der Waals surface area contributed by atoms with E-state index in [1.165, 1.54) is 19.3 Å². The highest BCUT2D eigenvalue weighted by molar-refractivity contribution is 5.89. The number of carbonyl (C=O) groups is 2. The fourth-order valence-corrected chi connectivity index (χ4v) is 4.38. The van der Waals surface area contributed by atoms with Crippen LogP contribution in [0.3, 0.4) is 0 Å². The van der Waals surface area contributed by atoms with Crippen LogP contribution in [0.2, 0.25) is 0 Å². The van der Waals surface area contributed by atoms with E-state index in [0.717, 1.165) is 35.6 Å². The fraction of sp³-hybridized carbons (Fsp3) is 0.321. The first-order valence-corrected chi connectivity index (χ1v) is 12.0. The van der Waals surface area contributed by atoms with Crippen molar-refractivity contribution in [2.24, 2.45) is 0 Å². The zero-order valence-corrected chi connectivity index (χ0v) is 19.6. The molecule has 1 atom stereocenters. The number of hydrogen-bond donors (Lipinski definition) is 1. The van der Waals surface area contributed by atoms with E-state index in [-0.39, 0.29) is 24.3 Å². The average Bonchev–Trinajstić information content (AvgIpc) is 2.89. The van der Waals surface area contributed by atoms with Crippen LogP contribution in [0.5, 0.6) is 0 Å². The van der Waals surface area contributed by atoms with Crippen molar-refractivity contribution in [3.8, 4) is 0 Å². The zero-order chi connectivity index (χ0) is 23.8. The maximum absolute atomic E-state index is 13.1. The number of nitrogens with zero attached hydrogens (tertiary/aromatic N) is 2. The normalized spacial score (nSPS) is 14.3. The molecule has 1 amide bonds. The molecule has 1 aliphatic rings. The molecular formula is C28H31N3O3. The predicted molar refractivity (Wildman–Crippen MR) is 133 cm³/mol. The number of benzene rings is 2. The topological polar surface area (TPSA) is 71.5 Å². The number of hydrogen-bond acceptors (Lipinski definition) is 5. The Morgan fingerprint density at radius 1 is 0.971 bits per heavy atom. The van der Waals surface area contributed by atoms with Crippen molar-refractivity contribution in [3.05, 3.63) is 95.3 Å². The van der Waals surface area contributed by atoms with Crippen molar-refractivity contribution in [2.75, 3.05) is 24.6 Å². The molecule has 0 bridgehead atoms. The quantitative estimate of drug-likeness (QED) is 0.497. The van der Waals surface area contributed by atoms with Crippen molar-refractivity contribution >= 4 is 17.6 Å². The number of esters is 1. The van der Waals surface area contributed by atoms with Crippen LogP contribution in [0.4, 0.5) is 5.69 Å². The van der Waals surface area contributed by atoms with Crippen LogP contribution >= 0.6 is 0 Å². The Kier molecular flexibility index (Phi) is 7.91. The van der Waals surface area contributed by atoms with Gasteiger partial charge in [-0.25, -0.2) is 4.79 Å². The summed E-state index contributed by atoms with van der Waals surface area (Å²) >= 11 is 0. The average molecular weight is 458 g/mol. The lowest BCUT2D eigenvalue weighted by atomic mass is 9.98. The number of nitrogens with one attached hydrogen (secondary N) is 1. The van der Waals surface area contributed by atoms with E-state index in [1.807, 2.05) is 24.3 Å². The third-order valence-corrected chi connectivity index (χ3v) is 6.06. The van der Waals surface area contributed by atoms with Gasteiger partial charge in [0.15, 0.2) is 0 Å². The van der Waals surface area contributed by atoms with E-state index in [9.17, 15) is 9.59 Å². The van der Waals surface area contributed by atoms with Gasteiger partial charge in [-0.1, -0.05) is 36.4 Å². The highest BCUT2D eigenvalue weighted by atomic mass is 16.5. The number of anilines is 1. The number of piperidine rings is 1. The highest BCUT2D eigenvalue weighted by Gasteiger charge is 2.24. The SMILES string of the molecule is CCOC(=O)c1ccc(CC(=O)NC(c2ccccn2)c2ccccc2N2CCCCC2)cc1. The van der Waals surface area contributed by atoms with Crippen LogP contribution in [0.25, 0.3) is 0 Å². The van der Waals surface area contributed by atoms with E-state index in [0.29, 0.717) is 12.2 Å². The summed E-state index contributed by atoms with van der Waals surface area (Å²) in [6, 6.07) is 20.7. The number of carbonyl (C=O) groups excluding carboxylic acids is 2. The van der Waals surface area contributed by atoms with Gasteiger partial charge in [0.1, 0.15) is 0 Å². The molecule has 0 radical (unpaired) electrons. The molecule has 6 nitrogen and oxygen atoms in total. The second-order valence-electron chi connectivity index (χ2n) is 8.46. The third kappa shape index (κ3) is 5.81. The minimum Gasteiger partial charge on any atom is -0.462 e. The van der Waals surface area contributed by atoms with E-state index in [1.54, 1.807) is 37.4 Å². The van der Waals surface area contributed by atoms with Crippen LogP contribution in [-0.4, -0.2) is 36.6 Å². The Balaban J connectivity index is 1.55. The maximum atomic E-state index is 13.1. The standard InChI is InChI=1S/C28H31N3O3/c1-2-34-28(33)22-15-13-21(14-16-22)20-26(32)30-27(24-11-6-7-17-29-24)23-10-4-5-12-25(23)31-18-8-3-9-19-31/h4-7,10-17,27H,2-3,8-9,18-20H2,1H3,(H,30,32). The lowest BCUT2D eigenvalue weighted by molar-refractivity contribution is -0.121. The number of para-hydroxylation sites is 1. The molecule has 2 aromatic carbocycles. The van der Waals surface area contributed by atoms with E-state index < -0.39 is 0 Å². The smallest absolute Gasteiger partial charge is 0.338 e. The number of aromatic nitrogens is 1. The predicted octanol–water partition coefficient (Wildman–Crippen LogP) is 4.70. The largest absolute Gasteiger partial charge is 0.462 e. The minimum absolute atomic E-state index is 0.104. The summed E-state index contributed by atoms with van der Waals surface area (Å²) in [6.07, 6.45) is 5.58. The molecule has 34 heavy (non-hydrogen) atoms. The van der Waals surface area contributed by atoms with Gasteiger partial charge in [-0.2, -0.15) is 0 Å². The van der Waals surface area contributed by atoms with Crippen LogP contribution in [0.1, 0.15) is 59.4 Å². The molecule has 0 saturated carbocycles. The molecule has 1 saturated heterocycles. The van der Waals surface area contributed by atoms with Crippen LogP contribution in [-0.2, 0) is 16.0 Å². The molecule has 4 rings (SSSR count). The summed E-state index contributed by atoms with van der Waals surface area (Å²) < 4.78 is 5.03. The minimum atomic E-state index is -0.358. The van der Waals surface area contributed by atoms with Gasteiger partial charge in [-0.05, 0) is 62.1 Å². The summed E-state index contributed by atoms with van der Waals surface area (Å²) in [7, 11) is 0. The second kappa shape index (κ2) is 11.5. The number of ether oxygens (including phenoxy) is 1. The third-order valence-electron chi connectivity index (χ3n) is 6.06. The molecule has 1 N–H and O–H groups in total. The van der Waals surface area contributed by atoms with Gasteiger partial charge < -0.3 is 15.0 Å². The van der Waals surface area contributed by atoms with Gasteiger partial charge in [0.2, 0.25) is 5.91 Å². The number of rotatable bonds is 8. The van der Waals surface area contributed by atoms with Gasteiger partial charge in [0, 0.05) is 30.5 Å². The second-order valence-corrected chi connectivity index (χ2v) is 8.46. The molecule has 1 unspecified atom stereocenters. The molecule has 1 aliphatic heterocycles. The molecule has 2 heterocycles. The Labute approximate surface area is 201 Å². The molecular weight excluding hydrogens is 426 g/mol. The highest BCUT2D eigenvalue weighted by Crippen LogP contribution is 2.31. The lowest BCUT2D eigenvalue weighted by Gasteiger charge is -2.32. The van der Waals surface area contributed by atoms with Gasteiger partial charge in [-0.3, -0.25) is 9.78 Å². The Bertz CT molecular complexity index is 1090. The zero-order valence-electron chi connectivity index (χ0n) is 19.6. The van der Waals surface area contributed by atoms with Gasteiger partial charge >= 0.3 is 5.97 Å². The van der Waals surface area contributed by atoms with E-state index in [4.69, 9.17) is 4.74 Å². The maximum Gasteiger partial charge on any atom is 0.338 e. The Morgan fingerprint density at radius 3 is 2.41 bits per heavy atom. The van der Waals surface area contributed by atoms with Crippen molar-refractivity contribution < 1.29 is 14.3 Å². The molecule has 176 valence electrons. The summed E-state index contributed by atoms with van der Waals surface area (Å²) in [5.74, 6) is -0.462. The summed E-state index contributed by atoms with van der Waals surface area (Å²) in [5, 5.41) is 3.22. The molecule has 6 heteroatoms. The van der Waals surface area contributed by atoms with Crippen molar-refractivity contribution in [3.63, 3.8) is 0 Å². The van der Waals surface area contributed by atoms with Crippen molar-refractivity contribution in [1.82, 2.24) is 10.3 Å². The molecule has 0 spiro atoms. The van der Waals surface area contributed by atoms with Gasteiger partial charge in [0.05, 0.1) is 30.3 Å². The van der Waals surface area contributed by atoms with E-state index >= 15 is 0 Å². The Hall–Kier alpha value is -3.67. The monoisotopic (exact) mass is 457 g/mol. The number of amides is 1. The molecule has 1 aromatic heterocycles. The summed E-state index contributed by atoms with van der Waals surface area (Å²) in [5.41, 5.74) is 4.31. The molecule has 3 aromatic rings. The van der Waals surface area contributed by atoms with Gasteiger partial charge in [-0.15, -0.1) is 0 Å². The van der Waals surface area contributed by atoms with Crippen LogP contribution < -0.4 is 10.2 Å². The van der Waals surface area contributed by atoms with Crippen LogP contribution in [0, 0.1) is 0 Å². The Morgan fingerprint density at radius 2 is 1.71 bits per heavy atom. The summed E-state index contributed by atoms with van der Waals surface area (Å²) in [6.45, 7) is 4.15. The first-order chi connectivity index (χ1) is 16.7. The fourth-order valence-electron chi connectivity index (χ4n) is 4.38. The number of pyridine rings is 1. The first kappa shape index (κ1) is 23.5. The molecule has 1 fully saturated rings. The van der Waals surface area contributed by atoms with Crippen molar-refractivity contribution in [2.45, 2.75) is 38.6 Å². The molecule has 0 aliphatic carbocycles. The van der Waals surface area contributed by atoms with E-state index in [2.05, 4.69) is 33.4 Å². The van der Waals surface area contributed by atoms with Crippen molar-refractivity contribution in [1.29, 1.82) is 0 Å². The van der Waals surface area contributed by atoms with Gasteiger partial charge in [0.25, 0.3) is 0 Å².